The molecule has 2 heterocycles. The van der Waals surface area contributed by atoms with Crippen molar-refractivity contribution in [3.05, 3.63) is 89.9 Å². The highest BCUT2D eigenvalue weighted by atomic mass is 35.5. The molecule has 4 aromatic rings. The number of imidazole rings is 1. The zero-order valence-corrected chi connectivity index (χ0v) is 20.2. The zero-order chi connectivity index (χ0) is 21.4. The minimum atomic E-state index is 0. The number of nitrogens with zero attached hydrogens (tertiary/aromatic N) is 2. The molecule has 2 nitrogen and oxygen atoms in total. The van der Waals surface area contributed by atoms with Crippen molar-refractivity contribution in [2.45, 2.75) is 59.3 Å². The lowest BCUT2D eigenvalue weighted by molar-refractivity contribution is -0.595. The van der Waals surface area contributed by atoms with Crippen LogP contribution in [0.4, 0.5) is 0 Å². The minimum absolute atomic E-state index is 0. The van der Waals surface area contributed by atoms with Crippen LogP contribution in [-0.4, -0.2) is 4.40 Å². The van der Waals surface area contributed by atoms with Gasteiger partial charge in [0.2, 0.25) is 0 Å². The maximum absolute atomic E-state index is 2.34. The topological polar surface area (TPSA) is 8.29 Å². The molecule has 0 bridgehead atoms. The van der Waals surface area contributed by atoms with Gasteiger partial charge in [0.1, 0.15) is 17.6 Å². The molecule has 0 amide bonds. The van der Waals surface area contributed by atoms with Gasteiger partial charge >= 0.3 is 0 Å². The Bertz CT molecular complexity index is 1160. The fourth-order valence-corrected chi connectivity index (χ4v) is 4.46. The second-order valence-electron chi connectivity index (χ2n) is 9.19. The number of aromatic nitrogens is 2. The van der Waals surface area contributed by atoms with Crippen molar-refractivity contribution >= 4 is 5.52 Å². The molecule has 0 saturated carbocycles. The highest BCUT2D eigenvalue weighted by molar-refractivity contribution is 5.68. The van der Waals surface area contributed by atoms with Crippen molar-refractivity contribution in [1.82, 2.24) is 4.40 Å². The monoisotopic (exact) mass is 432 g/mol. The number of halogens is 1. The summed E-state index contributed by atoms with van der Waals surface area (Å²) in [7, 11) is 0. The second kappa shape index (κ2) is 9.28. The van der Waals surface area contributed by atoms with Gasteiger partial charge in [-0.05, 0) is 35.4 Å². The summed E-state index contributed by atoms with van der Waals surface area (Å²) in [5, 5.41) is 0. The van der Waals surface area contributed by atoms with Gasteiger partial charge in [0.15, 0.2) is 5.52 Å². The lowest BCUT2D eigenvalue weighted by atomic mass is 9.92. The average Bonchev–Trinajstić information content (AvgIpc) is 3.17. The summed E-state index contributed by atoms with van der Waals surface area (Å²) in [6, 6.07) is 22.1. The van der Waals surface area contributed by atoms with E-state index in [-0.39, 0.29) is 12.4 Å². The first-order valence-electron chi connectivity index (χ1n) is 11.1. The Hall–Kier alpha value is -2.58. The van der Waals surface area contributed by atoms with E-state index >= 15 is 0 Å². The number of fused-ring (bicyclic) bond motifs is 1. The summed E-state index contributed by atoms with van der Waals surface area (Å²) < 4.78 is 4.67. The number of benzene rings is 2. The first-order valence-corrected chi connectivity index (χ1v) is 11.1. The molecule has 3 heteroatoms. The molecule has 162 valence electrons. The lowest BCUT2D eigenvalue weighted by Crippen LogP contribution is -3.00. The molecule has 0 aliphatic rings. The number of rotatable bonds is 5. The van der Waals surface area contributed by atoms with Crippen LogP contribution in [0.1, 0.15) is 76.0 Å². The highest BCUT2D eigenvalue weighted by Crippen LogP contribution is 2.31. The van der Waals surface area contributed by atoms with Crippen LogP contribution in [0.25, 0.3) is 22.5 Å². The van der Waals surface area contributed by atoms with Crippen LogP contribution >= 0.6 is 0 Å². The Kier molecular flexibility index (Phi) is 6.91. The normalized spacial score (nSPS) is 11.5. The first-order chi connectivity index (χ1) is 14.4. The molecule has 0 aliphatic heterocycles. The number of hydrogen-bond acceptors (Lipinski definition) is 0. The van der Waals surface area contributed by atoms with Crippen molar-refractivity contribution in [3.63, 3.8) is 0 Å². The molecular weight excluding hydrogens is 400 g/mol. The van der Waals surface area contributed by atoms with Crippen LogP contribution in [0.15, 0.2) is 73.2 Å². The standard InChI is InChI=1S/C28H33N2.ClH/c1-19(2)23-12-7-8-13-26(23)27-16-9-11-22-17-29(18-30(22)27)28-24(20(3)4)14-10-15-25(28)21(5)6;/h7-21H,1-6H3;1H/q+1;/p-1. The minimum Gasteiger partial charge on any atom is -1.00 e. The predicted octanol–water partition coefficient (Wildman–Crippen LogP) is 4.26. The number of para-hydroxylation sites is 1. The number of hydrogen-bond donors (Lipinski definition) is 0. The molecular formula is C28H33ClN2. The Morgan fingerprint density at radius 1 is 0.645 bits per heavy atom. The van der Waals surface area contributed by atoms with Crippen molar-refractivity contribution < 1.29 is 17.0 Å². The van der Waals surface area contributed by atoms with Crippen LogP contribution in [-0.2, 0) is 0 Å². The Balaban J connectivity index is 0.00000272. The Morgan fingerprint density at radius 3 is 1.81 bits per heavy atom. The van der Waals surface area contributed by atoms with Crippen LogP contribution in [0.5, 0.6) is 0 Å². The third-order valence-electron chi connectivity index (χ3n) is 6.03. The van der Waals surface area contributed by atoms with Crippen molar-refractivity contribution in [2.24, 2.45) is 0 Å². The smallest absolute Gasteiger partial charge is 0.254 e. The molecule has 4 rings (SSSR count). The van der Waals surface area contributed by atoms with E-state index in [0.29, 0.717) is 17.8 Å². The zero-order valence-electron chi connectivity index (χ0n) is 19.4. The molecule has 0 radical (unpaired) electrons. The first kappa shape index (κ1) is 23.1. The van der Waals surface area contributed by atoms with Gasteiger partial charge in [-0.3, -0.25) is 0 Å². The fraction of sp³-hybridized carbons (Fsp3) is 0.321. The molecule has 2 aromatic heterocycles. The van der Waals surface area contributed by atoms with Gasteiger partial charge in [-0.25, -0.2) is 4.57 Å². The Morgan fingerprint density at radius 2 is 1.19 bits per heavy atom. The molecule has 31 heavy (non-hydrogen) atoms. The molecule has 0 aliphatic carbocycles. The van der Waals surface area contributed by atoms with Crippen molar-refractivity contribution in [1.29, 1.82) is 0 Å². The fourth-order valence-electron chi connectivity index (χ4n) is 4.46. The molecule has 0 fully saturated rings. The van der Waals surface area contributed by atoms with E-state index in [4.69, 9.17) is 0 Å². The molecule has 0 atom stereocenters. The maximum Gasteiger partial charge on any atom is 0.254 e. The molecule has 0 unspecified atom stereocenters. The van der Waals surface area contributed by atoms with Crippen LogP contribution in [0, 0.1) is 0 Å². The van der Waals surface area contributed by atoms with Gasteiger partial charge in [-0.1, -0.05) is 90.1 Å². The van der Waals surface area contributed by atoms with E-state index in [1.807, 2.05) is 0 Å². The molecule has 0 spiro atoms. The van der Waals surface area contributed by atoms with E-state index in [1.165, 1.54) is 39.2 Å². The SMILES string of the molecule is CC(C)c1ccccc1-c1cccc2c[n+](-c3c(C(C)C)cccc3C(C)C)cn12.[Cl-]. The summed E-state index contributed by atoms with van der Waals surface area (Å²) >= 11 is 0. The summed E-state index contributed by atoms with van der Waals surface area (Å²) in [6.07, 6.45) is 4.53. The predicted molar refractivity (Wildman–Crippen MR) is 127 cm³/mol. The Labute approximate surface area is 193 Å². The average molecular weight is 433 g/mol. The molecule has 0 N–H and O–H groups in total. The number of pyridine rings is 1. The van der Waals surface area contributed by atoms with Gasteiger partial charge < -0.3 is 12.4 Å². The second-order valence-corrected chi connectivity index (χ2v) is 9.19. The van der Waals surface area contributed by atoms with Crippen molar-refractivity contribution in [3.8, 4) is 16.9 Å². The van der Waals surface area contributed by atoms with Crippen molar-refractivity contribution in [2.75, 3.05) is 0 Å². The summed E-state index contributed by atoms with van der Waals surface area (Å²) in [4.78, 5) is 0. The summed E-state index contributed by atoms with van der Waals surface area (Å²) in [5.74, 6) is 1.42. The van der Waals surface area contributed by atoms with E-state index in [0.717, 1.165) is 0 Å². The van der Waals surface area contributed by atoms with E-state index in [1.54, 1.807) is 0 Å². The van der Waals surface area contributed by atoms with Gasteiger partial charge in [0.05, 0.1) is 0 Å². The van der Waals surface area contributed by atoms with Gasteiger partial charge in [-0.2, -0.15) is 4.40 Å². The maximum atomic E-state index is 2.34. The summed E-state index contributed by atoms with van der Waals surface area (Å²) in [5.41, 5.74) is 9.26. The molecule has 2 aromatic carbocycles. The molecule has 0 saturated heterocycles. The quantitative estimate of drug-likeness (QED) is 0.416. The lowest BCUT2D eigenvalue weighted by Gasteiger charge is -2.16. The van der Waals surface area contributed by atoms with Crippen LogP contribution in [0.2, 0.25) is 0 Å². The van der Waals surface area contributed by atoms with E-state index in [2.05, 4.69) is 124 Å². The van der Waals surface area contributed by atoms with E-state index in [9.17, 15) is 0 Å². The van der Waals surface area contributed by atoms with Gasteiger partial charge in [0, 0.05) is 16.7 Å². The summed E-state index contributed by atoms with van der Waals surface area (Å²) in [6.45, 7) is 13.7. The third-order valence-corrected chi connectivity index (χ3v) is 6.03. The van der Waals surface area contributed by atoms with Gasteiger partial charge in [-0.15, -0.1) is 0 Å². The van der Waals surface area contributed by atoms with Crippen LogP contribution < -0.4 is 17.0 Å². The largest absolute Gasteiger partial charge is 1.00 e. The van der Waals surface area contributed by atoms with Gasteiger partial charge in [0.25, 0.3) is 6.33 Å². The van der Waals surface area contributed by atoms with E-state index < -0.39 is 0 Å². The van der Waals surface area contributed by atoms with Crippen LogP contribution in [0.3, 0.4) is 0 Å². The third kappa shape index (κ3) is 4.27. The highest BCUT2D eigenvalue weighted by Gasteiger charge is 2.22.